The first-order valence-electron chi connectivity index (χ1n) is 11.4. The van der Waals surface area contributed by atoms with Gasteiger partial charge in [0.15, 0.2) is 0 Å². The van der Waals surface area contributed by atoms with Crippen molar-refractivity contribution in [1.29, 1.82) is 0 Å². The van der Waals surface area contributed by atoms with Crippen LogP contribution in [-0.2, 0) is 23.9 Å². The summed E-state index contributed by atoms with van der Waals surface area (Å²) in [6.07, 6.45) is 8.23. The highest BCUT2D eigenvalue weighted by atomic mass is 79.9. The van der Waals surface area contributed by atoms with E-state index in [2.05, 4.69) is 38.8 Å². The highest BCUT2D eigenvalue weighted by Crippen LogP contribution is 2.63. The van der Waals surface area contributed by atoms with Crippen LogP contribution in [0.25, 0.3) is 0 Å². The summed E-state index contributed by atoms with van der Waals surface area (Å²) < 4.78 is 11.7. The van der Waals surface area contributed by atoms with Gasteiger partial charge in [0, 0.05) is 18.3 Å². The fourth-order valence-electron chi connectivity index (χ4n) is 7.51. The molecule has 8 atom stereocenters. The molecule has 0 spiro atoms. The smallest absolute Gasteiger partial charge is 0.316 e. The van der Waals surface area contributed by atoms with E-state index in [1.54, 1.807) is 0 Å². The number of hydrogen-bond acceptors (Lipinski definition) is 5. The molecule has 168 valence electrons. The molecule has 0 aromatic carbocycles. The normalized spacial score (nSPS) is 43.0. The van der Waals surface area contributed by atoms with Crippen molar-refractivity contribution >= 4 is 49.6 Å². The van der Waals surface area contributed by atoms with Gasteiger partial charge in [-0.1, -0.05) is 38.8 Å². The molecular formula is C23H32Br2O5. The van der Waals surface area contributed by atoms with Crippen LogP contribution in [0.4, 0.5) is 0 Å². The van der Waals surface area contributed by atoms with Crippen molar-refractivity contribution in [2.75, 3.05) is 10.7 Å². The van der Waals surface area contributed by atoms with Gasteiger partial charge in [0.25, 0.3) is 0 Å². The number of fused-ring (bicyclic) bond motifs is 5. The first kappa shape index (κ1) is 22.8. The van der Waals surface area contributed by atoms with Crippen molar-refractivity contribution in [2.45, 2.75) is 76.9 Å². The minimum Gasteiger partial charge on any atom is -0.462 e. The lowest BCUT2D eigenvalue weighted by Gasteiger charge is -2.61. The van der Waals surface area contributed by atoms with Crippen LogP contribution in [-0.4, -0.2) is 40.6 Å². The number of alkyl halides is 2. The highest BCUT2D eigenvalue weighted by Gasteiger charge is 2.60. The Kier molecular flexibility index (Phi) is 6.98. The van der Waals surface area contributed by atoms with E-state index < -0.39 is 0 Å². The van der Waals surface area contributed by atoms with E-state index >= 15 is 0 Å². The number of ketones is 1. The van der Waals surface area contributed by atoms with E-state index in [0.29, 0.717) is 42.3 Å². The van der Waals surface area contributed by atoms with E-state index in [1.807, 2.05) is 0 Å². The second-order valence-electron chi connectivity index (χ2n) is 10.0. The summed E-state index contributed by atoms with van der Waals surface area (Å²) in [5, 5.41) is 0.422. The van der Waals surface area contributed by atoms with Crippen molar-refractivity contribution in [2.24, 2.45) is 35.0 Å². The average molecular weight is 548 g/mol. The number of Topliss-reactive ketones (excluding diaryl/α,β-unsaturated/α-hetero) is 1. The number of carbonyl (C=O) groups excluding carboxylic acids is 3. The summed E-state index contributed by atoms with van der Waals surface area (Å²) in [5.41, 5.74) is 0.0585. The zero-order valence-electron chi connectivity index (χ0n) is 17.6. The lowest BCUT2D eigenvalue weighted by molar-refractivity contribution is -0.193. The molecule has 0 bridgehead atoms. The summed E-state index contributed by atoms with van der Waals surface area (Å²) >= 11 is 6.42. The molecule has 4 rings (SSSR count). The second kappa shape index (κ2) is 9.21. The standard InChI is InChI=1S/C23H32Br2O5/c1-23-8-7-14(29-20(27)11-24)9-13(23)5-6-16-15-3-2-4-18(26)17(15)10-19(22(16)23)30-21(28)12-25/h13-17,19,22H,2-12H2,1H3. The van der Waals surface area contributed by atoms with Gasteiger partial charge >= 0.3 is 11.9 Å². The van der Waals surface area contributed by atoms with Crippen molar-refractivity contribution < 1.29 is 23.9 Å². The summed E-state index contributed by atoms with van der Waals surface area (Å²) in [6, 6.07) is 0. The maximum atomic E-state index is 12.7. The van der Waals surface area contributed by atoms with Gasteiger partial charge in [-0.15, -0.1) is 0 Å². The van der Waals surface area contributed by atoms with Gasteiger partial charge in [0.05, 0.1) is 0 Å². The Bertz CT molecular complexity index is 697. The molecule has 5 nitrogen and oxygen atoms in total. The molecule has 0 amide bonds. The van der Waals surface area contributed by atoms with E-state index in [4.69, 9.17) is 9.47 Å². The molecule has 4 saturated carbocycles. The molecule has 4 aliphatic rings. The van der Waals surface area contributed by atoms with Crippen LogP contribution in [0.15, 0.2) is 0 Å². The molecule has 0 N–H and O–H groups in total. The van der Waals surface area contributed by atoms with Gasteiger partial charge in [0.1, 0.15) is 28.7 Å². The minimum atomic E-state index is -0.230. The molecule has 0 heterocycles. The van der Waals surface area contributed by atoms with Gasteiger partial charge < -0.3 is 9.47 Å². The van der Waals surface area contributed by atoms with Gasteiger partial charge in [-0.25, -0.2) is 0 Å². The Labute approximate surface area is 195 Å². The summed E-state index contributed by atoms with van der Waals surface area (Å²) in [7, 11) is 0. The van der Waals surface area contributed by atoms with E-state index in [9.17, 15) is 14.4 Å². The molecular weight excluding hydrogens is 516 g/mol. The quantitative estimate of drug-likeness (QED) is 0.373. The van der Waals surface area contributed by atoms with Crippen LogP contribution in [0.3, 0.4) is 0 Å². The Balaban J connectivity index is 1.59. The number of esters is 2. The zero-order valence-corrected chi connectivity index (χ0v) is 20.8. The summed E-state index contributed by atoms with van der Waals surface area (Å²) in [4.78, 5) is 36.8. The third kappa shape index (κ3) is 4.14. The van der Waals surface area contributed by atoms with Gasteiger partial charge in [-0.05, 0) is 74.5 Å². The van der Waals surface area contributed by atoms with E-state index in [1.165, 1.54) is 0 Å². The summed E-state index contributed by atoms with van der Waals surface area (Å²) in [5.74, 6) is 1.65. The van der Waals surface area contributed by atoms with Crippen LogP contribution in [0.2, 0.25) is 0 Å². The van der Waals surface area contributed by atoms with Crippen LogP contribution < -0.4 is 0 Å². The lowest BCUT2D eigenvalue weighted by Crippen LogP contribution is -2.59. The van der Waals surface area contributed by atoms with Crippen LogP contribution in [0.1, 0.15) is 64.7 Å². The zero-order chi connectivity index (χ0) is 21.5. The van der Waals surface area contributed by atoms with Gasteiger partial charge in [0.2, 0.25) is 0 Å². The third-order valence-electron chi connectivity index (χ3n) is 8.68. The molecule has 30 heavy (non-hydrogen) atoms. The molecule has 4 aliphatic carbocycles. The first-order chi connectivity index (χ1) is 14.4. The fourth-order valence-corrected chi connectivity index (χ4v) is 7.77. The van der Waals surface area contributed by atoms with Crippen molar-refractivity contribution in [3.8, 4) is 0 Å². The molecule has 4 fully saturated rings. The highest BCUT2D eigenvalue weighted by molar-refractivity contribution is 9.09. The molecule has 0 aromatic heterocycles. The topological polar surface area (TPSA) is 69.7 Å². The molecule has 8 unspecified atom stereocenters. The van der Waals surface area contributed by atoms with Crippen molar-refractivity contribution in [1.82, 2.24) is 0 Å². The van der Waals surface area contributed by atoms with Crippen molar-refractivity contribution in [3.63, 3.8) is 0 Å². The first-order valence-corrected chi connectivity index (χ1v) is 13.6. The van der Waals surface area contributed by atoms with Crippen LogP contribution in [0, 0.1) is 35.0 Å². The molecule has 0 radical (unpaired) electrons. The number of carbonyl (C=O) groups is 3. The predicted octanol–water partition coefficient (Wildman–Crippen LogP) is 4.82. The Morgan fingerprint density at radius 1 is 1.00 bits per heavy atom. The number of hydrogen-bond donors (Lipinski definition) is 0. The van der Waals surface area contributed by atoms with Crippen molar-refractivity contribution in [3.05, 3.63) is 0 Å². The number of ether oxygens (including phenoxy) is 2. The van der Waals surface area contributed by atoms with Gasteiger partial charge in [-0.3, -0.25) is 14.4 Å². The van der Waals surface area contributed by atoms with Crippen LogP contribution in [0.5, 0.6) is 0 Å². The minimum absolute atomic E-state index is 0.0131. The number of rotatable bonds is 4. The summed E-state index contributed by atoms with van der Waals surface area (Å²) in [6.45, 7) is 2.37. The Morgan fingerprint density at radius 2 is 1.73 bits per heavy atom. The molecule has 0 aliphatic heterocycles. The van der Waals surface area contributed by atoms with E-state index in [0.717, 1.165) is 44.9 Å². The maximum Gasteiger partial charge on any atom is 0.316 e. The molecule has 0 aromatic rings. The lowest BCUT2D eigenvalue weighted by atomic mass is 9.45. The van der Waals surface area contributed by atoms with E-state index in [-0.39, 0.29) is 46.1 Å². The monoisotopic (exact) mass is 546 g/mol. The second-order valence-corrected chi connectivity index (χ2v) is 11.1. The molecule has 7 heteroatoms. The van der Waals surface area contributed by atoms with Crippen LogP contribution >= 0.6 is 31.9 Å². The fraction of sp³-hybridized carbons (Fsp3) is 0.870. The predicted molar refractivity (Wildman–Crippen MR) is 119 cm³/mol. The van der Waals surface area contributed by atoms with Gasteiger partial charge in [-0.2, -0.15) is 0 Å². The SMILES string of the molecule is CC12CCC(OC(=O)CBr)CC1CCC1C3CCCC(=O)C3CC(OC(=O)CBr)C12. The third-order valence-corrected chi connectivity index (χ3v) is 9.60. The maximum absolute atomic E-state index is 12.7. The largest absolute Gasteiger partial charge is 0.462 e. The molecule has 0 saturated heterocycles. The Hall–Kier alpha value is -0.430. The average Bonchev–Trinajstić information content (AvgIpc) is 2.74. The number of halogens is 2. The Morgan fingerprint density at radius 3 is 2.47 bits per heavy atom.